The van der Waals surface area contributed by atoms with Gasteiger partial charge in [-0.2, -0.15) is 0 Å². The molecule has 0 saturated heterocycles. The summed E-state index contributed by atoms with van der Waals surface area (Å²) < 4.78 is 9.90. The van der Waals surface area contributed by atoms with Gasteiger partial charge in [0.25, 0.3) is 0 Å². The number of allylic oxidation sites excluding steroid dienone is 2. The second-order valence-corrected chi connectivity index (χ2v) is 4.00. The number of rotatable bonds is 5. The predicted octanol–water partition coefficient (Wildman–Crippen LogP) is 2.09. The van der Waals surface area contributed by atoms with E-state index in [1.54, 1.807) is 13.8 Å². The van der Waals surface area contributed by atoms with E-state index in [1.165, 1.54) is 0 Å². The van der Waals surface area contributed by atoms with Crippen molar-refractivity contribution < 1.29 is 19.1 Å². The summed E-state index contributed by atoms with van der Waals surface area (Å²) in [6.07, 6.45) is 6.78. The van der Waals surface area contributed by atoms with E-state index in [0.717, 1.165) is 19.3 Å². The Morgan fingerprint density at radius 1 is 1.24 bits per heavy atom. The molecule has 0 fully saturated rings. The average Bonchev–Trinajstić information content (AvgIpc) is 2.31. The first kappa shape index (κ1) is 13.7. The van der Waals surface area contributed by atoms with Gasteiger partial charge < -0.3 is 9.47 Å². The molecule has 0 N–H and O–H groups in total. The molecule has 0 spiro atoms. The van der Waals surface area contributed by atoms with Crippen molar-refractivity contribution in [1.82, 2.24) is 0 Å². The summed E-state index contributed by atoms with van der Waals surface area (Å²) in [6, 6.07) is 0. The lowest BCUT2D eigenvalue weighted by Crippen LogP contribution is -2.34. The molecule has 1 rings (SSSR count). The highest BCUT2D eigenvalue weighted by molar-refractivity contribution is 5.95. The van der Waals surface area contributed by atoms with Crippen molar-refractivity contribution in [2.75, 3.05) is 13.2 Å². The molecule has 0 aromatic rings. The van der Waals surface area contributed by atoms with Crippen LogP contribution in [0.25, 0.3) is 0 Å². The van der Waals surface area contributed by atoms with Gasteiger partial charge in [0.15, 0.2) is 5.92 Å². The van der Waals surface area contributed by atoms with Crippen LogP contribution < -0.4 is 0 Å². The summed E-state index contributed by atoms with van der Waals surface area (Å²) in [7, 11) is 0. The molecule has 0 bridgehead atoms. The lowest BCUT2D eigenvalue weighted by atomic mass is 9.84. The van der Waals surface area contributed by atoms with Gasteiger partial charge in [0.05, 0.1) is 13.2 Å². The van der Waals surface area contributed by atoms with Crippen molar-refractivity contribution >= 4 is 11.9 Å². The normalized spacial score (nSPS) is 19.1. The van der Waals surface area contributed by atoms with Crippen LogP contribution in [0.1, 0.15) is 33.1 Å². The smallest absolute Gasteiger partial charge is 0.320 e. The van der Waals surface area contributed by atoms with Crippen LogP contribution in [0.4, 0.5) is 0 Å². The molecular weight excluding hydrogens is 220 g/mol. The lowest BCUT2D eigenvalue weighted by molar-refractivity contribution is -0.163. The van der Waals surface area contributed by atoms with Crippen molar-refractivity contribution in [3.63, 3.8) is 0 Å². The average molecular weight is 240 g/mol. The molecule has 0 heterocycles. The molecule has 1 aliphatic carbocycles. The molecule has 96 valence electrons. The van der Waals surface area contributed by atoms with Gasteiger partial charge >= 0.3 is 11.9 Å². The molecule has 0 aliphatic heterocycles. The molecule has 0 saturated carbocycles. The highest BCUT2D eigenvalue weighted by Gasteiger charge is 2.36. The highest BCUT2D eigenvalue weighted by Crippen LogP contribution is 2.27. The maximum Gasteiger partial charge on any atom is 0.320 e. The number of carbonyl (C=O) groups excluding carboxylic acids is 2. The zero-order chi connectivity index (χ0) is 12.7. The molecule has 1 atom stereocenters. The van der Waals surface area contributed by atoms with Gasteiger partial charge in [-0.25, -0.2) is 0 Å². The second kappa shape index (κ2) is 7.09. The molecule has 0 radical (unpaired) electrons. The molecule has 0 aromatic carbocycles. The minimum Gasteiger partial charge on any atom is -0.465 e. The third kappa shape index (κ3) is 3.88. The number of hydrogen-bond acceptors (Lipinski definition) is 4. The van der Waals surface area contributed by atoms with Crippen LogP contribution in [0.2, 0.25) is 0 Å². The Balaban J connectivity index is 2.76. The fraction of sp³-hybridized carbons (Fsp3) is 0.692. The van der Waals surface area contributed by atoms with Crippen LogP contribution in [-0.2, 0) is 19.1 Å². The Morgan fingerprint density at radius 3 is 2.24 bits per heavy atom. The van der Waals surface area contributed by atoms with Gasteiger partial charge in [0.2, 0.25) is 0 Å². The van der Waals surface area contributed by atoms with Crippen LogP contribution in [-0.4, -0.2) is 25.2 Å². The van der Waals surface area contributed by atoms with Crippen molar-refractivity contribution in [3.05, 3.63) is 12.2 Å². The van der Waals surface area contributed by atoms with E-state index < -0.39 is 17.9 Å². The summed E-state index contributed by atoms with van der Waals surface area (Å²) in [5, 5.41) is 0. The van der Waals surface area contributed by atoms with E-state index in [1.807, 2.05) is 12.2 Å². The second-order valence-electron chi connectivity index (χ2n) is 4.00. The van der Waals surface area contributed by atoms with Gasteiger partial charge in [-0.15, -0.1) is 0 Å². The lowest BCUT2D eigenvalue weighted by Gasteiger charge is -2.23. The quantitative estimate of drug-likeness (QED) is 0.419. The Kier molecular flexibility index (Phi) is 5.73. The third-order valence-electron chi connectivity index (χ3n) is 2.80. The first-order valence-electron chi connectivity index (χ1n) is 6.20. The molecule has 1 unspecified atom stereocenters. The van der Waals surface area contributed by atoms with E-state index in [2.05, 4.69) is 0 Å². The SMILES string of the molecule is CCOC(=O)C(C(=O)OCC)C1C=CCCC1. The Hall–Kier alpha value is -1.32. The zero-order valence-electron chi connectivity index (χ0n) is 10.5. The number of esters is 2. The van der Waals surface area contributed by atoms with E-state index in [0.29, 0.717) is 0 Å². The van der Waals surface area contributed by atoms with E-state index >= 15 is 0 Å². The molecule has 0 aromatic heterocycles. The Bertz CT molecular complexity index is 278. The van der Waals surface area contributed by atoms with Gasteiger partial charge in [-0.05, 0) is 33.1 Å². The molecule has 1 aliphatic rings. The fourth-order valence-corrected chi connectivity index (χ4v) is 2.03. The summed E-state index contributed by atoms with van der Waals surface area (Å²) >= 11 is 0. The van der Waals surface area contributed by atoms with Crippen LogP contribution >= 0.6 is 0 Å². The highest BCUT2D eigenvalue weighted by atomic mass is 16.6. The topological polar surface area (TPSA) is 52.6 Å². The van der Waals surface area contributed by atoms with Gasteiger partial charge in [0.1, 0.15) is 0 Å². The summed E-state index contributed by atoms with van der Waals surface area (Å²) in [4.78, 5) is 23.6. The van der Waals surface area contributed by atoms with Gasteiger partial charge in [-0.3, -0.25) is 9.59 Å². The molecular formula is C13H20O4. The van der Waals surface area contributed by atoms with E-state index in [4.69, 9.17) is 9.47 Å². The maximum absolute atomic E-state index is 11.8. The van der Waals surface area contributed by atoms with Crippen LogP contribution in [0.15, 0.2) is 12.2 Å². The fourth-order valence-electron chi connectivity index (χ4n) is 2.03. The number of hydrogen-bond donors (Lipinski definition) is 0. The number of carbonyl (C=O) groups is 2. The Morgan fingerprint density at radius 2 is 1.82 bits per heavy atom. The maximum atomic E-state index is 11.8. The Labute approximate surface area is 102 Å². The first-order valence-corrected chi connectivity index (χ1v) is 6.20. The molecule has 4 nitrogen and oxygen atoms in total. The summed E-state index contributed by atoms with van der Waals surface area (Å²) in [5.41, 5.74) is 0. The summed E-state index contributed by atoms with van der Waals surface area (Å²) in [5.74, 6) is -1.82. The largest absolute Gasteiger partial charge is 0.465 e. The zero-order valence-corrected chi connectivity index (χ0v) is 10.5. The van der Waals surface area contributed by atoms with Crippen molar-refractivity contribution in [2.45, 2.75) is 33.1 Å². The summed E-state index contributed by atoms with van der Waals surface area (Å²) in [6.45, 7) is 4.03. The molecule has 4 heteroatoms. The van der Waals surface area contributed by atoms with Crippen molar-refractivity contribution in [2.24, 2.45) is 11.8 Å². The van der Waals surface area contributed by atoms with Crippen molar-refractivity contribution in [3.8, 4) is 0 Å². The molecule has 17 heavy (non-hydrogen) atoms. The van der Waals surface area contributed by atoms with Crippen LogP contribution in [0.5, 0.6) is 0 Å². The third-order valence-corrected chi connectivity index (χ3v) is 2.80. The van der Waals surface area contributed by atoms with E-state index in [9.17, 15) is 9.59 Å². The minimum atomic E-state index is -0.800. The van der Waals surface area contributed by atoms with Gasteiger partial charge in [0, 0.05) is 5.92 Å². The number of ether oxygens (including phenoxy) is 2. The van der Waals surface area contributed by atoms with Crippen LogP contribution in [0.3, 0.4) is 0 Å². The minimum absolute atomic E-state index is 0.0816. The first-order chi connectivity index (χ1) is 8.20. The van der Waals surface area contributed by atoms with Crippen LogP contribution in [0, 0.1) is 11.8 Å². The standard InChI is InChI=1S/C13H20O4/c1-3-16-12(14)11(13(15)17-4-2)10-8-6-5-7-9-10/h6,8,10-11H,3-5,7,9H2,1-2H3. The van der Waals surface area contributed by atoms with E-state index in [-0.39, 0.29) is 19.1 Å². The monoisotopic (exact) mass is 240 g/mol. The van der Waals surface area contributed by atoms with Gasteiger partial charge in [-0.1, -0.05) is 12.2 Å². The predicted molar refractivity (Wildman–Crippen MR) is 63.2 cm³/mol. The van der Waals surface area contributed by atoms with Crippen molar-refractivity contribution in [1.29, 1.82) is 0 Å². The molecule has 0 amide bonds.